The molecule has 4 nitrogen and oxygen atoms in total. The zero-order valence-corrected chi connectivity index (χ0v) is 12.3. The average molecular weight is 268 g/mol. The summed E-state index contributed by atoms with van der Waals surface area (Å²) in [6.07, 6.45) is 1.66. The Labute approximate surface area is 114 Å². The monoisotopic (exact) mass is 268 g/mol. The fourth-order valence-corrected chi connectivity index (χ4v) is 2.13. The number of ether oxygens (including phenoxy) is 1. The number of Topliss-reactive ketones (excluding diaryl/α,β-unsaturated/α-hetero) is 2. The van der Waals surface area contributed by atoms with E-state index in [2.05, 4.69) is 0 Å². The van der Waals surface area contributed by atoms with Gasteiger partial charge >= 0.3 is 0 Å². The highest BCUT2D eigenvalue weighted by Gasteiger charge is 2.33. The Kier molecular flexibility index (Phi) is 5.29. The second-order valence-corrected chi connectivity index (χ2v) is 6.12. The van der Waals surface area contributed by atoms with E-state index >= 15 is 0 Å². The smallest absolute Gasteiger partial charge is 0.170 e. The van der Waals surface area contributed by atoms with Crippen LogP contribution in [0, 0.1) is 5.92 Å². The number of aliphatic hydroxyl groups excluding tert-OH is 1. The van der Waals surface area contributed by atoms with Crippen LogP contribution in [0.5, 0.6) is 0 Å². The van der Waals surface area contributed by atoms with E-state index in [4.69, 9.17) is 4.74 Å². The maximum atomic E-state index is 12.0. The van der Waals surface area contributed by atoms with Crippen LogP contribution >= 0.6 is 0 Å². The molecule has 108 valence electrons. The highest BCUT2D eigenvalue weighted by molar-refractivity contribution is 6.22. The quantitative estimate of drug-likeness (QED) is 0.483. The van der Waals surface area contributed by atoms with E-state index in [0.717, 1.165) is 0 Å². The molecule has 1 aliphatic carbocycles. The van der Waals surface area contributed by atoms with Crippen LogP contribution in [0.1, 0.15) is 53.4 Å². The van der Waals surface area contributed by atoms with Gasteiger partial charge in [-0.1, -0.05) is 6.92 Å². The van der Waals surface area contributed by atoms with Gasteiger partial charge < -0.3 is 9.84 Å². The molecule has 19 heavy (non-hydrogen) atoms. The normalized spacial score (nSPS) is 20.8. The van der Waals surface area contributed by atoms with E-state index in [1.165, 1.54) is 0 Å². The SMILES string of the molecule is CCCC(O)=C1C(=O)CC(COC(C)(C)C)CC1=O. The molecule has 0 saturated heterocycles. The summed E-state index contributed by atoms with van der Waals surface area (Å²) in [7, 11) is 0. The molecule has 0 aliphatic heterocycles. The zero-order chi connectivity index (χ0) is 14.6. The van der Waals surface area contributed by atoms with Crippen LogP contribution in [0.4, 0.5) is 0 Å². The molecule has 0 bridgehead atoms. The minimum atomic E-state index is -0.271. The summed E-state index contributed by atoms with van der Waals surface area (Å²) in [4.78, 5) is 23.9. The van der Waals surface area contributed by atoms with Gasteiger partial charge in [-0.25, -0.2) is 0 Å². The lowest BCUT2D eigenvalue weighted by molar-refractivity contribution is -0.128. The van der Waals surface area contributed by atoms with Crippen molar-refractivity contribution in [1.29, 1.82) is 0 Å². The number of hydrogen-bond donors (Lipinski definition) is 1. The highest BCUT2D eigenvalue weighted by Crippen LogP contribution is 2.27. The summed E-state index contributed by atoms with van der Waals surface area (Å²) in [5.41, 5.74) is -0.249. The topological polar surface area (TPSA) is 63.6 Å². The van der Waals surface area contributed by atoms with Crippen LogP contribution in [0.15, 0.2) is 11.3 Å². The Hall–Kier alpha value is -1.16. The molecule has 0 heterocycles. The number of carbonyl (C=O) groups is 2. The molecule has 0 unspecified atom stereocenters. The molecule has 0 aromatic rings. The Balaban J connectivity index is 2.69. The summed E-state index contributed by atoms with van der Waals surface area (Å²) in [6, 6.07) is 0. The zero-order valence-electron chi connectivity index (χ0n) is 12.3. The van der Waals surface area contributed by atoms with Gasteiger partial charge in [0.25, 0.3) is 0 Å². The lowest BCUT2D eigenvalue weighted by Gasteiger charge is -2.27. The molecule has 0 radical (unpaired) electrons. The molecule has 0 amide bonds. The molecule has 0 atom stereocenters. The lowest BCUT2D eigenvalue weighted by Crippen LogP contribution is -2.32. The van der Waals surface area contributed by atoms with E-state index in [1.54, 1.807) is 0 Å². The van der Waals surface area contributed by atoms with Crippen molar-refractivity contribution in [3.05, 3.63) is 11.3 Å². The highest BCUT2D eigenvalue weighted by atomic mass is 16.5. The largest absolute Gasteiger partial charge is 0.511 e. The number of carbonyl (C=O) groups excluding carboxylic acids is 2. The standard InChI is InChI=1S/C15H24O4/c1-5-6-11(16)14-12(17)7-10(8-13(14)18)9-19-15(2,3)4/h10,16H,5-9H2,1-4H3. The second kappa shape index (κ2) is 6.33. The van der Waals surface area contributed by atoms with Crippen molar-refractivity contribution in [2.75, 3.05) is 6.61 Å². The first-order valence-corrected chi connectivity index (χ1v) is 6.87. The molecule has 1 aliphatic rings. The van der Waals surface area contributed by atoms with Crippen molar-refractivity contribution in [1.82, 2.24) is 0 Å². The van der Waals surface area contributed by atoms with Gasteiger partial charge in [0.1, 0.15) is 5.76 Å². The predicted octanol–water partition coefficient (Wildman–Crippen LogP) is 2.96. The van der Waals surface area contributed by atoms with Crippen molar-refractivity contribution in [3.63, 3.8) is 0 Å². The average Bonchev–Trinajstić information content (AvgIpc) is 2.25. The summed E-state index contributed by atoms with van der Waals surface area (Å²) < 4.78 is 5.63. The van der Waals surface area contributed by atoms with Crippen LogP contribution in [0.2, 0.25) is 0 Å². The summed E-state index contributed by atoms with van der Waals surface area (Å²) in [5, 5.41) is 9.77. The molecule has 4 heteroatoms. The molecule has 1 rings (SSSR count). The van der Waals surface area contributed by atoms with Gasteiger partial charge in [-0.05, 0) is 33.1 Å². The predicted molar refractivity (Wildman–Crippen MR) is 73.0 cm³/mol. The third-order valence-electron chi connectivity index (χ3n) is 3.03. The van der Waals surface area contributed by atoms with Crippen molar-refractivity contribution >= 4 is 11.6 Å². The first kappa shape index (κ1) is 15.9. The van der Waals surface area contributed by atoms with Crippen molar-refractivity contribution in [2.45, 2.75) is 59.0 Å². The summed E-state index contributed by atoms with van der Waals surface area (Å²) in [6.45, 7) is 8.13. The first-order chi connectivity index (χ1) is 8.74. The Morgan fingerprint density at radius 3 is 2.21 bits per heavy atom. The lowest BCUT2D eigenvalue weighted by atomic mass is 9.83. The Morgan fingerprint density at radius 2 is 1.79 bits per heavy atom. The van der Waals surface area contributed by atoms with E-state index in [1.807, 2.05) is 27.7 Å². The Morgan fingerprint density at radius 1 is 1.26 bits per heavy atom. The number of rotatable bonds is 4. The van der Waals surface area contributed by atoms with Crippen LogP contribution < -0.4 is 0 Å². The maximum Gasteiger partial charge on any atom is 0.170 e. The molecular weight excluding hydrogens is 244 g/mol. The Bertz CT molecular complexity index is 367. The van der Waals surface area contributed by atoms with Crippen molar-refractivity contribution in [2.24, 2.45) is 5.92 Å². The number of aliphatic hydroxyl groups is 1. The number of ketones is 2. The molecule has 0 spiro atoms. The van der Waals surface area contributed by atoms with Gasteiger partial charge in [-0.15, -0.1) is 0 Å². The third-order valence-corrected chi connectivity index (χ3v) is 3.03. The maximum absolute atomic E-state index is 12.0. The van der Waals surface area contributed by atoms with Gasteiger partial charge in [0.15, 0.2) is 11.6 Å². The number of hydrogen-bond acceptors (Lipinski definition) is 4. The minimum Gasteiger partial charge on any atom is -0.511 e. The molecule has 1 N–H and O–H groups in total. The van der Waals surface area contributed by atoms with Gasteiger partial charge in [-0.3, -0.25) is 9.59 Å². The van der Waals surface area contributed by atoms with Gasteiger partial charge in [-0.2, -0.15) is 0 Å². The molecular formula is C15H24O4. The van der Waals surface area contributed by atoms with E-state index < -0.39 is 0 Å². The summed E-state index contributed by atoms with van der Waals surface area (Å²) >= 11 is 0. The second-order valence-electron chi connectivity index (χ2n) is 6.12. The first-order valence-electron chi connectivity index (χ1n) is 6.87. The van der Waals surface area contributed by atoms with Gasteiger partial charge in [0, 0.05) is 19.3 Å². The fourth-order valence-electron chi connectivity index (χ4n) is 2.13. The van der Waals surface area contributed by atoms with Crippen LogP contribution in [0.3, 0.4) is 0 Å². The summed E-state index contributed by atoms with van der Waals surface area (Å²) in [5.74, 6) is -0.612. The fraction of sp³-hybridized carbons (Fsp3) is 0.733. The van der Waals surface area contributed by atoms with Gasteiger partial charge in [0.05, 0.1) is 17.8 Å². The van der Waals surface area contributed by atoms with E-state index in [0.29, 0.717) is 19.4 Å². The number of allylic oxidation sites excluding steroid dienone is 2. The van der Waals surface area contributed by atoms with E-state index in [9.17, 15) is 14.7 Å². The molecule has 0 aromatic heterocycles. The van der Waals surface area contributed by atoms with Crippen molar-refractivity contribution in [3.8, 4) is 0 Å². The van der Waals surface area contributed by atoms with Crippen LogP contribution in [0.25, 0.3) is 0 Å². The molecule has 1 saturated carbocycles. The third kappa shape index (κ3) is 4.78. The van der Waals surface area contributed by atoms with Gasteiger partial charge in [0.2, 0.25) is 0 Å². The molecule has 1 fully saturated rings. The van der Waals surface area contributed by atoms with E-state index in [-0.39, 0.29) is 47.3 Å². The van der Waals surface area contributed by atoms with Crippen molar-refractivity contribution < 1.29 is 19.4 Å². The minimum absolute atomic E-state index is 0.0221. The molecule has 0 aromatic carbocycles. The van der Waals surface area contributed by atoms with Crippen LogP contribution in [-0.4, -0.2) is 28.9 Å². The van der Waals surface area contributed by atoms with Crippen LogP contribution in [-0.2, 0) is 14.3 Å².